The van der Waals surface area contributed by atoms with E-state index in [1.165, 1.54) is 37.6 Å². The van der Waals surface area contributed by atoms with E-state index in [1.54, 1.807) is 11.3 Å². The molecule has 0 aliphatic carbocycles. The molecule has 6 heteroatoms. The summed E-state index contributed by atoms with van der Waals surface area (Å²) in [5, 5.41) is 14.9. The first-order chi connectivity index (χ1) is 23.7. The standard InChI is InChI=1S/C30H24NOS.C15H28O2.Ir/c1-18-21-13-14-31-27(20-15-19-9-5-6-10-22(19)25(16-20)30(2,3)4)29(21)33-28(18)24-17-32-26-12-8-7-11-23(24)26;1-7-14(5,8-2)12(16)11-13(17)15(6,9-3)10-4;/h5-14,16-17H,1-4H3;11,16H,7-10H2,1-6H3;/q-1;;/b;12-11-;. The number of para-hydroxylation sites is 1. The molecule has 1 N–H and O–H groups in total. The van der Waals surface area contributed by atoms with Gasteiger partial charge in [-0.2, -0.15) is 0 Å². The first kappa shape index (κ1) is 40.2. The third-order valence-electron chi connectivity index (χ3n) is 11.0. The number of benzene rings is 3. The number of allylic oxidation sites excluding steroid dienone is 2. The minimum Gasteiger partial charge on any atom is -0.512 e. The summed E-state index contributed by atoms with van der Waals surface area (Å²) in [6, 6.07) is 24.8. The topological polar surface area (TPSA) is 63.3 Å². The molecular formula is C45H52IrNO3S-. The maximum Gasteiger partial charge on any atom is 0.164 e. The molecule has 271 valence electrons. The first-order valence-corrected chi connectivity index (χ1v) is 18.8. The van der Waals surface area contributed by atoms with Gasteiger partial charge in [0.15, 0.2) is 5.78 Å². The largest absolute Gasteiger partial charge is 0.512 e. The summed E-state index contributed by atoms with van der Waals surface area (Å²) >= 11 is 1.79. The van der Waals surface area contributed by atoms with E-state index in [0.717, 1.165) is 58.9 Å². The van der Waals surface area contributed by atoms with E-state index in [-0.39, 0.29) is 47.9 Å². The predicted molar refractivity (Wildman–Crippen MR) is 213 cm³/mol. The molecule has 0 fully saturated rings. The van der Waals surface area contributed by atoms with Gasteiger partial charge >= 0.3 is 0 Å². The Bertz CT molecular complexity index is 2170. The van der Waals surface area contributed by atoms with Crippen LogP contribution in [-0.2, 0) is 30.3 Å². The van der Waals surface area contributed by atoms with Gasteiger partial charge in [0.1, 0.15) is 17.6 Å². The Balaban J connectivity index is 0.000000279. The number of ketones is 1. The zero-order valence-electron chi connectivity index (χ0n) is 31.8. The quantitative estimate of drug-likeness (QED) is 0.0893. The van der Waals surface area contributed by atoms with Crippen LogP contribution < -0.4 is 0 Å². The third kappa shape index (κ3) is 7.94. The Morgan fingerprint density at radius 1 is 0.863 bits per heavy atom. The number of thiophene rings is 1. The minimum atomic E-state index is -0.337. The van der Waals surface area contributed by atoms with Crippen LogP contribution in [0.4, 0.5) is 0 Å². The number of fused-ring (bicyclic) bond motifs is 3. The van der Waals surface area contributed by atoms with E-state index in [1.807, 2.05) is 66.1 Å². The second-order valence-corrected chi connectivity index (χ2v) is 16.1. The summed E-state index contributed by atoms with van der Waals surface area (Å²) in [5.41, 5.74) is 6.11. The number of furan rings is 1. The molecule has 3 heterocycles. The molecule has 0 spiro atoms. The van der Waals surface area contributed by atoms with Crippen LogP contribution in [0, 0.1) is 23.8 Å². The monoisotopic (exact) mass is 879 g/mol. The maximum atomic E-state index is 12.2. The van der Waals surface area contributed by atoms with Gasteiger partial charge in [-0.3, -0.25) is 9.78 Å². The number of aryl methyl sites for hydroxylation is 1. The van der Waals surface area contributed by atoms with E-state index >= 15 is 0 Å². The Labute approximate surface area is 321 Å². The van der Waals surface area contributed by atoms with Gasteiger partial charge in [0.25, 0.3) is 0 Å². The van der Waals surface area contributed by atoms with Gasteiger partial charge in [-0.05, 0) is 61.1 Å². The summed E-state index contributed by atoms with van der Waals surface area (Å²) in [6.45, 7) is 21.1. The molecule has 6 rings (SSSR count). The number of carbonyl (C=O) groups is 1. The molecular weight excluding hydrogens is 827 g/mol. The van der Waals surface area contributed by atoms with E-state index in [2.05, 4.69) is 82.3 Å². The number of hydrogen-bond acceptors (Lipinski definition) is 5. The first-order valence-electron chi connectivity index (χ1n) is 18.0. The Morgan fingerprint density at radius 3 is 2.10 bits per heavy atom. The van der Waals surface area contributed by atoms with Crippen molar-refractivity contribution in [3.8, 4) is 21.7 Å². The average Bonchev–Trinajstić information content (AvgIpc) is 3.70. The Kier molecular flexibility index (Phi) is 12.6. The number of aliphatic hydroxyl groups excluding tert-OH is 1. The van der Waals surface area contributed by atoms with Crippen molar-refractivity contribution < 1.29 is 34.4 Å². The van der Waals surface area contributed by atoms with Crippen molar-refractivity contribution in [2.45, 2.75) is 100 Å². The summed E-state index contributed by atoms with van der Waals surface area (Å²) in [4.78, 5) is 18.3. The molecule has 1 radical (unpaired) electrons. The van der Waals surface area contributed by atoms with Crippen LogP contribution in [0.3, 0.4) is 0 Å². The molecule has 4 nitrogen and oxygen atoms in total. The number of aromatic nitrogens is 1. The zero-order valence-corrected chi connectivity index (χ0v) is 35.0. The molecule has 0 saturated carbocycles. The molecule has 0 aliphatic heterocycles. The normalized spacial score (nSPS) is 12.5. The van der Waals surface area contributed by atoms with Gasteiger partial charge in [0.05, 0.1) is 0 Å². The number of nitrogens with zero attached hydrogens (tertiary/aromatic N) is 1. The molecule has 0 bridgehead atoms. The van der Waals surface area contributed by atoms with E-state index in [9.17, 15) is 9.90 Å². The molecule has 6 aromatic rings. The fraction of sp³-hybridized carbons (Fsp3) is 0.378. The van der Waals surface area contributed by atoms with E-state index in [0.29, 0.717) is 0 Å². The van der Waals surface area contributed by atoms with E-state index in [4.69, 9.17) is 9.40 Å². The summed E-state index contributed by atoms with van der Waals surface area (Å²) < 4.78 is 7.05. The number of pyridine rings is 1. The summed E-state index contributed by atoms with van der Waals surface area (Å²) in [6.07, 6.45) is 8.56. The van der Waals surface area contributed by atoms with Crippen LogP contribution >= 0.6 is 11.3 Å². The molecule has 0 aliphatic rings. The molecule has 51 heavy (non-hydrogen) atoms. The molecule has 0 unspecified atom stereocenters. The second kappa shape index (κ2) is 16.0. The van der Waals surface area contributed by atoms with Crippen molar-refractivity contribution in [1.29, 1.82) is 0 Å². The number of rotatable bonds is 9. The van der Waals surface area contributed by atoms with Crippen LogP contribution in [-0.4, -0.2) is 15.9 Å². The van der Waals surface area contributed by atoms with Gasteiger partial charge in [-0.1, -0.05) is 110 Å². The van der Waals surface area contributed by atoms with Gasteiger partial charge in [-0.25, -0.2) is 0 Å². The van der Waals surface area contributed by atoms with Crippen molar-refractivity contribution in [3.63, 3.8) is 0 Å². The van der Waals surface area contributed by atoms with Gasteiger partial charge in [-0.15, -0.1) is 40.5 Å². The zero-order chi connectivity index (χ0) is 36.4. The number of carbonyl (C=O) groups excluding carboxylic acids is 1. The third-order valence-corrected chi connectivity index (χ3v) is 12.4. The van der Waals surface area contributed by atoms with Crippen LogP contribution in [0.25, 0.3) is 53.5 Å². The van der Waals surface area contributed by atoms with Crippen molar-refractivity contribution >= 4 is 48.9 Å². The molecule has 3 aromatic heterocycles. The fourth-order valence-corrected chi connectivity index (χ4v) is 7.74. The van der Waals surface area contributed by atoms with E-state index < -0.39 is 0 Å². The molecule has 3 aromatic carbocycles. The van der Waals surface area contributed by atoms with Crippen LogP contribution in [0.1, 0.15) is 99.1 Å². The van der Waals surface area contributed by atoms with Crippen molar-refractivity contribution in [2.75, 3.05) is 0 Å². The molecule has 0 amide bonds. The fourth-order valence-electron chi connectivity index (χ4n) is 6.41. The van der Waals surface area contributed by atoms with Crippen molar-refractivity contribution in [1.82, 2.24) is 4.98 Å². The minimum absolute atomic E-state index is 0. The maximum absolute atomic E-state index is 12.2. The summed E-state index contributed by atoms with van der Waals surface area (Å²) in [7, 11) is 0. The second-order valence-electron chi connectivity index (χ2n) is 15.1. The SMILES string of the molecule is CCC(C)(CC)C(=O)/C=C(\O)C(C)(CC)CC.Cc1c(-c2coc3ccccc23)sc2c(-c3[c-]c4ccccc4c(C(C)(C)C)c3)nccc12.[Ir]. The smallest absolute Gasteiger partial charge is 0.164 e. The predicted octanol–water partition coefficient (Wildman–Crippen LogP) is 13.6. The van der Waals surface area contributed by atoms with Crippen molar-refractivity contribution in [2.24, 2.45) is 10.8 Å². The number of hydrogen-bond donors (Lipinski definition) is 1. The molecule has 0 atom stereocenters. The van der Waals surface area contributed by atoms with Gasteiger partial charge < -0.3 is 9.52 Å². The van der Waals surface area contributed by atoms with Crippen LogP contribution in [0.5, 0.6) is 0 Å². The average molecular weight is 879 g/mol. The van der Waals surface area contributed by atoms with Crippen LogP contribution in [0.15, 0.2) is 89.4 Å². The number of aliphatic hydroxyl groups is 1. The Morgan fingerprint density at radius 2 is 1.47 bits per heavy atom. The summed E-state index contributed by atoms with van der Waals surface area (Å²) in [5.74, 6) is 0.286. The molecule has 0 saturated heterocycles. The van der Waals surface area contributed by atoms with Gasteiger partial charge in [0.2, 0.25) is 0 Å². The van der Waals surface area contributed by atoms with Crippen LogP contribution in [0.2, 0.25) is 0 Å². The van der Waals surface area contributed by atoms with Crippen molar-refractivity contribution in [3.05, 3.63) is 102 Å². The van der Waals surface area contributed by atoms with Gasteiger partial charge in [0, 0.05) is 69.4 Å². The Hall–Kier alpha value is -3.57.